The molecule has 0 spiro atoms. The maximum atomic E-state index is 13.1. The fraction of sp³-hybridized carbons (Fsp3) is 0.278. The van der Waals surface area contributed by atoms with Crippen LogP contribution in [0.3, 0.4) is 0 Å². The highest BCUT2D eigenvalue weighted by Gasteiger charge is 2.16. The Bertz CT molecular complexity index is 788. The Labute approximate surface area is 149 Å². The molecule has 0 saturated carbocycles. The minimum atomic E-state index is -0.454. The first kappa shape index (κ1) is 18.8. The molecule has 0 saturated heterocycles. The van der Waals surface area contributed by atoms with E-state index < -0.39 is 11.7 Å². The van der Waals surface area contributed by atoms with Gasteiger partial charge in [-0.3, -0.25) is 14.4 Å². The Morgan fingerprint density at radius 3 is 2.56 bits per heavy atom. The predicted molar refractivity (Wildman–Crippen MR) is 95.3 cm³/mol. The highest BCUT2D eigenvalue weighted by Crippen LogP contribution is 2.17. The molecule has 1 aromatic heterocycles. The zero-order valence-electron chi connectivity index (χ0n) is 14.0. The number of carbonyl (C=O) groups is 3. The van der Waals surface area contributed by atoms with Crippen LogP contribution < -0.4 is 5.32 Å². The molecule has 0 aliphatic carbocycles. The number of hydrogen-bond donors (Lipinski definition) is 1. The highest BCUT2D eigenvalue weighted by atomic mass is 32.1. The lowest BCUT2D eigenvalue weighted by Crippen LogP contribution is -2.35. The molecule has 7 heteroatoms. The first-order chi connectivity index (χ1) is 11.8. The number of likely N-dealkylation sites (N-methyl/N-ethyl adjacent to an activating group) is 1. The highest BCUT2D eigenvalue weighted by molar-refractivity contribution is 7.14. The van der Waals surface area contributed by atoms with E-state index in [0.717, 1.165) is 4.88 Å². The van der Waals surface area contributed by atoms with Crippen LogP contribution in [0.15, 0.2) is 36.4 Å². The number of nitrogens with zero attached hydrogens (tertiary/aromatic N) is 1. The number of rotatable bonds is 7. The Balaban J connectivity index is 1.79. The van der Waals surface area contributed by atoms with Crippen LogP contribution in [0.4, 0.5) is 10.1 Å². The van der Waals surface area contributed by atoms with Gasteiger partial charge in [0.25, 0.3) is 0 Å². The van der Waals surface area contributed by atoms with Crippen molar-refractivity contribution in [2.75, 3.05) is 18.9 Å². The summed E-state index contributed by atoms with van der Waals surface area (Å²) in [4.78, 5) is 38.9. The third-order valence-electron chi connectivity index (χ3n) is 3.50. The average molecular weight is 362 g/mol. The zero-order chi connectivity index (χ0) is 18.4. The number of nitrogens with one attached hydrogen (secondary N) is 1. The number of anilines is 1. The molecule has 132 valence electrons. The van der Waals surface area contributed by atoms with Gasteiger partial charge in [-0.25, -0.2) is 4.39 Å². The molecule has 2 aromatic rings. The van der Waals surface area contributed by atoms with E-state index in [2.05, 4.69) is 5.32 Å². The second-order valence-corrected chi connectivity index (χ2v) is 6.93. The van der Waals surface area contributed by atoms with Crippen LogP contribution in [0.5, 0.6) is 0 Å². The third-order valence-corrected chi connectivity index (χ3v) is 4.54. The van der Waals surface area contributed by atoms with Gasteiger partial charge in [0.1, 0.15) is 5.82 Å². The van der Waals surface area contributed by atoms with Crippen LogP contribution in [0.1, 0.15) is 27.4 Å². The molecule has 5 nitrogen and oxygen atoms in total. The Kier molecular flexibility index (Phi) is 6.41. The number of amides is 2. The van der Waals surface area contributed by atoms with Gasteiger partial charge in [0.05, 0.1) is 11.4 Å². The lowest BCUT2D eigenvalue weighted by molar-refractivity contribution is -0.133. The lowest BCUT2D eigenvalue weighted by atomic mass is 10.2. The summed E-state index contributed by atoms with van der Waals surface area (Å²) in [6.45, 7) is 1.75. The number of Topliss-reactive ketones (excluding diaryl/α,β-unsaturated/α-hetero) is 1. The van der Waals surface area contributed by atoms with Crippen molar-refractivity contribution in [2.45, 2.75) is 19.8 Å². The summed E-state index contributed by atoms with van der Waals surface area (Å²) in [6.07, 6.45) is 0.147. The van der Waals surface area contributed by atoms with Gasteiger partial charge in [0.15, 0.2) is 5.78 Å². The summed E-state index contributed by atoms with van der Waals surface area (Å²) in [6, 6.07) is 9.13. The lowest BCUT2D eigenvalue weighted by Gasteiger charge is -2.16. The topological polar surface area (TPSA) is 66.5 Å². The smallest absolute Gasteiger partial charge is 0.243 e. The number of hydrogen-bond acceptors (Lipinski definition) is 4. The molecule has 0 fully saturated rings. The van der Waals surface area contributed by atoms with Gasteiger partial charge in [-0.05, 0) is 37.3 Å². The molecular weight excluding hydrogens is 343 g/mol. The van der Waals surface area contributed by atoms with Crippen LogP contribution in [-0.2, 0) is 9.59 Å². The van der Waals surface area contributed by atoms with E-state index in [1.54, 1.807) is 12.1 Å². The third kappa shape index (κ3) is 5.79. The van der Waals surface area contributed by atoms with Gasteiger partial charge in [-0.2, -0.15) is 0 Å². The molecule has 1 N–H and O–H groups in total. The average Bonchev–Trinajstić information content (AvgIpc) is 2.98. The van der Waals surface area contributed by atoms with Gasteiger partial charge in [0, 0.05) is 30.5 Å². The molecule has 0 bridgehead atoms. The summed E-state index contributed by atoms with van der Waals surface area (Å²) in [5.74, 6) is -1.26. The van der Waals surface area contributed by atoms with E-state index in [1.165, 1.54) is 41.5 Å². The van der Waals surface area contributed by atoms with Crippen molar-refractivity contribution in [3.05, 3.63) is 52.0 Å². The monoisotopic (exact) mass is 362 g/mol. The van der Waals surface area contributed by atoms with Gasteiger partial charge >= 0.3 is 0 Å². The number of thiophene rings is 1. The molecule has 2 amide bonds. The second kappa shape index (κ2) is 8.53. The summed E-state index contributed by atoms with van der Waals surface area (Å²) in [5, 5.41) is 2.52. The van der Waals surface area contributed by atoms with Crippen LogP contribution in [0, 0.1) is 12.7 Å². The van der Waals surface area contributed by atoms with E-state index in [-0.39, 0.29) is 31.1 Å². The summed E-state index contributed by atoms with van der Waals surface area (Å²) < 4.78 is 13.1. The molecule has 1 heterocycles. The van der Waals surface area contributed by atoms with Gasteiger partial charge < -0.3 is 10.2 Å². The number of halogens is 1. The standard InChI is InChI=1S/C18H19FN2O3S/c1-12-6-8-16(25-12)15(22)7-9-18(24)21(2)11-17(23)20-14-5-3-4-13(19)10-14/h3-6,8,10H,7,9,11H2,1-2H3,(H,20,23). The summed E-state index contributed by atoms with van der Waals surface area (Å²) in [5.41, 5.74) is 0.328. The minimum Gasteiger partial charge on any atom is -0.336 e. The SMILES string of the molecule is Cc1ccc(C(=O)CCC(=O)N(C)CC(=O)Nc2cccc(F)c2)s1. The van der Waals surface area contributed by atoms with Gasteiger partial charge in [0.2, 0.25) is 11.8 Å². The van der Waals surface area contributed by atoms with E-state index in [9.17, 15) is 18.8 Å². The van der Waals surface area contributed by atoms with Crippen molar-refractivity contribution in [3.8, 4) is 0 Å². The molecule has 0 aliphatic rings. The summed E-state index contributed by atoms with van der Waals surface area (Å²) >= 11 is 1.40. The largest absolute Gasteiger partial charge is 0.336 e. The van der Waals surface area contributed by atoms with Crippen molar-refractivity contribution in [3.63, 3.8) is 0 Å². The Morgan fingerprint density at radius 2 is 1.92 bits per heavy atom. The maximum Gasteiger partial charge on any atom is 0.243 e. The number of benzene rings is 1. The molecule has 0 unspecified atom stereocenters. The van der Waals surface area contributed by atoms with Gasteiger partial charge in [-0.15, -0.1) is 11.3 Å². The first-order valence-electron chi connectivity index (χ1n) is 7.74. The molecule has 0 atom stereocenters. The molecule has 25 heavy (non-hydrogen) atoms. The van der Waals surface area contributed by atoms with E-state index in [4.69, 9.17) is 0 Å². The van der Waals surface area contributed by atoms with E-state index in [0.29, 0.717) is 10.6 Å². The minimum absolute atomic E-state index is 0.0412. The zero-order valence-corrected chi connectivity index (χ0v) is 14.9. The number of aryl methyl sites for hydroxylation is 1. The Hall–Kier alpha value is -2.54. The fourth-order valence-corrected chi connectivity index (χ4v) is 3.02. The quantitative estimate of drug-likeness (QED) is 0.769. The van der Waals surface area contributed by atoms with Crippen molar-refractivity contribution in [1.82, 2.24) is 4.90 Å². The van der Waals surface area contributed by atoms with Crippen molar-refractivity contribution in [2.24, 2.45) is 0 Å². The maximum absolute atomic E-state index is 13.1. The van der Waals surface area contributed by atoms with Crippen LogP contribution >= 0.6 is 11.3 Å². The van der Waals surface area contributed by atoms with Crippen LogP contribution in [-0.4, -0.2) is 36.1 Å². The molecule has 0 aliphatic heterocycles. The van der Waals surface area contributed by atoms with Crippen LogP contribution in [0.2, 0.25) is 0 Å². The van der Waals surface area contributed by atoms with Crippen molar-refractivity contribution < 1.29 is 18.8 Å². The first-order valence-corrected chi connectivity index (χ1v) is 8.56. The Morgan fingerprint density at radius 1 is 1.16 bits per heavy atom. The van der Waals surface area contributed by atoms with Gasteiger partial charge in [-0.1, -0.05) is 6.07 Å². The fourth-order valence-electron chi connectivity index (χ4n) is 2.19. The number of carbonyl (C=O) groups excluding carboxylic acids is 3. The second-order valence-electron chi connectivity index (χ2n) is 5.64. The van der Waals surface area contributed by atoms with Crippen molar-refractivity contribution >= 4 is 34.6 Å². The molecular formula is C18H19FN2O3S. The van der Waals surface area contributed by atoms with Crippen LogP contribution in [0.25, 0.3) is 0 Å². The normalized spacial score (nSPS) is 10.4. The summed E-state index contributed by atoms with van der Waals surface area (Å²) in [7, 11) is 1.49. The number of ketones is 1. The molecule has 0 radical (unpaired) electrons. The predicted octanol–water partition coefficient (Wildman–Crippen LogP) is 3.26. The molecule has 2 rings (SSSR count). The van der Waals surface area contributed by atoms with E-state index in [1.807, 2.05) is 13.0 Å². The van der Waals surface area contributed by atoms with E-state index >= 15 is 0 Å². The molecule has 1 aromatic carbocycles. The van der Waals surface area contributed by atoms with Crippen molar-refractivity contribution in [1.29, 1.82) is 0 Å².